The monoisotopic (exact) mass is 412 g/mol. The van der Waals surface area contributed by atoms with Crippen molar-refractivity contribution in [3.8, 4) is 12.3 Å². The van der Waals surface area contributed by atoms with Gasteiger partial charge in [-0.15, -0.1) is 6.42 Å². The van der Waals surface area contributed by atoms with Gasteiger partial charge in [0.15, 0.2) is 14.6 Å². The van der Waals surface area contributed by atoms with Crippen molar-refractivity contribution in [2.24, 2.45) is 4.99 Å². The van der Waals surface area contributed by atoms with Crippen LogP contribution in [0.3, 0.4) is 0 Å². The Kier molecular flexibility index (Phi) is 5.54. The zero-order chi connectivity index (χ0) is 20.5. The maximum Gasteiger partial charge on any atom is 0.280 e. The van der Waals surface area contributed by atoms with Gasteiger partial charge in [-0.1, -0.05) is 42.4 Å². The number of aromatic nitrogens is 1. The maximum atomic E-state index is 12.9. The molecule has 0 aliphatic heterocycles. The van der Waals surface area contributed by atoms with E-state index in [2.05, 4.69) is 17.0 Å². The number of hydrogen-bond donors (Lipinski definition) is 0. The molecule has 28 heavy (non-hydrogen) atoms. The van der Waals surface area contributed by atoms with Gasteiger partial charge in [-0.25, -0.2) is 8.42 Å². The molecule has 0 N–H and O–H groups in total. The average Bonchev–Trinajstić information content (AvgIpc) is 3.00. The number of amides is 1. The molecule has 0 saturated carbocycles. The van der Waals surface area contributed by atoms with Crippen molar-refractivity contribution in [1.82, 2.24) is 4.57 Å². The first-order valence-corrected chi connectivity index (χ1v) is 11.2. The topological polar surface area (TPSA) is 68.5 Å². The van der Waals surface area contributed by atoms with Crippen LogP contribution in [0.15, 0.2) is 46.3 Å². The Balaban J connectivity index is 2.25. The summed E-state index contributed by atoms with van der Waals surface area (Å²) < 4.78 is 27.5. The minimum Gasteiger partial charge on any atom is -0.305 e. The number of terminal acetylenes is 1. The molecule has 7 heteroatoms. The molecule has 0 fully saturated rings. The molecular weight excluding hydrogens is 392 g/mol. The van der Waals surface area contributed by atoms with Gasteiger partial charge in [0, 0.05) is 0 Å². The van der Waals surface area contributed by atoms with Gasteiger partial charge >= 0.3 is 0 Å². The third-order valence-corrected chi connectivity index (χ3v) is 7.41. The molecule has 0 bridgehead atoms. The van der Waals surface area contributed by atoms with E-state index in [1.807, 2.05) is 24.5 Å². The standard InChI is InChI=1S/C21H20N2O3S2/c1-5-11-23-17-13-14(3)12-15(4)19(17)27-21(23)22-20(24)16-9-7-8-10-18(16)28(25,26)6-2/h1,7-10,12-13H,6,11H2,2-4H3. The van der Waals surface area contributed by atoms with Crippen LogP contribution >= 0.6 is 11.3 Å². The highest BCUT2D eigenvalue weighted by Gasteiger charge is 2.20. The third kappa shape index (κ3) is 3.66. The zero-order valence-corrected chi connectivity index (χ0v) is 17.5. The lowest BCUT2D eigenvalue weighted by Crippen LogP contribution is -2.18. The van der Waals surface area contributed by atoms with Crippen LogP contribution in [0.25, 0.3) is 10.2 Å². The Morgan fingerprint density at radius 3 is 2.64 bits per heavy atom. The number of sulfone groups is 1. The highest BCUT2D eigenvalue weighted by molar-refractivity contribution is 7.91. The quantitative estimate of drug-likeness (QED) is 0.616. The fraction of sp³-hybridized carbons (Fsp3) is 0.238. The molecule has 2 aromatic carbocycles. The second kappa shape index (κ2) is 7.74. The van der Waals surface area contributed by atoms with Crippen molar-refractivity contribution < 1.29 is 13.2 Å². The Labute approximate surface area is 168 Å². The molecule has 0 unspecified atom stereocenters. The first-order valence-electron chi connectivity index (χ1n) is 8.73. The molecule has 0 saturated heterocycles. The van der Waals surface area contributed by atoms with E-state index >= 15 is 0 Å². The van der Waals surface area contributed by atoms with Crippen molar-refractivity contribution in [3.05, 3.63) is 57.9 Å². The van der Waals surface area contributed by atoms with Gasteiger partial charge in [0.05, 0.1) is 33.0 Å². The van der Waals surface area contributed by atoms with E-state index in [9.17, 15) is 13.2 Å². The molecule has 1 heterocycles. The fourth-order valence-corrected chi connectivity index (χ4v) is 5.22. The summed E-state index contributed by atoms with van der Waals surface area (Å²) in [5.74, 6) is 1.92. The van der Waals surface area contributed by atoms with Crippen LogP contribution in [0.2, 0.25) is 0 Å². The molecule has 3 aromatic rings. The van der Waals surface area contributed by atoms with E-state index in [4.69, 9.17) is 6.42 Å². The van der Waals surface area contributed by atoms with Gasteiger partial charge in [-0.3, -0.25) is 4.79 Å². The summed E-state index contributed by atoms with van der Waals surface area (Å²) in [6.45, 7) is 5.81. The number of rotatable bonds is 4. The van der Waals surface area contributed by atoms with Crippen molar-refractivity contribution in [1.29, 1.82) is 0 Å². The number of nitrogens with zero attached hydrogens (tertiary/aromatic N) is 2. The predicted octanol–water partition coefficient (Wildman–Crippen LogP) is 3.49. The predicted molar refractivity (Wildman–Crippen MR) is 112 cm³/mol. The molecule has 5 nitrogen and oxygen atoms in total. The summed E-state index contributed by atoms with van der Waals surface area (Å²) in [6.07, 6.45) is 5.52. The maximum absolute atomic E-state index is 12.9. The molecule has 1 aromatic heterocycles. The molecule has 3 rings (SSSR count). The van der Waals surface area contributed by atoms with Gasteiger partial charge in [0.2, 0.25) is 0 Å². The van der Waals surface area contributed by atoms with Crippen molar-refractivity contribution >= 4 is 37.3 Å². The minimum atomic E-state index is -3.54. The second-order valence-electron chi connectivity index (χ2n) is 6.42. The van der Waals surface area contributed by atoms with E-state index in [-0.39, 0.29) is 22.8 Å². The molecule has 0 aliphatic rings. The smallest absolute Gasteiger partial charge is 0.280 e. The van der Waals surface area contributed by atoms with Crippen molar-refractivity contribution in [2.45, 2.75) is 32.2 Å². The van der Waals surface area contributed by atoms with E-state index in [0.717, 1.165) is 21.3 Å². The van der Waals surface area contributed by atoms with Crippen molar-refractivity contribution in [2.75, 3.05) is 5.75 Å². The summed E-state index contributed by atoms with van der Waals surface area (Å²) in [4.78, 5) is 17.6. The number of aryl methyl sites for hydroxylation is 2. The van der Waals surface area contributed by atoms with Crippen LogP contribution in [0.5, 0.6) is 0 Å². The SMILES string of the molecule is C#CCn1c(=NC(=O)c2ccccc2S(=O)(=O)CC)sc2c(C)cc(C)cc21. The number of thiazole rings is 1. The average molecular weight is 413 g/mol. The van der Waals surface area contributed by atoms with Crippen LogP contribution in [0, 0.1) is 26.2 Å². The summed E-state index contributed by atoms with van der Waals surface area (Å²) in [7, 11) is -3.54. The van der Waals surface area contributed by atoms with E-state index in [1.54, 1.807) is 19.1 Å². The largest absolute Gasteiger partial charge is 0.305 e. The second-order valence-corrected chi connectivity index (χ2v) is 9.65. The lowest BCUT2D eigenvalue weighted by atomic mass is 10.1. The number of benzene rings is 2. The summed E-state index contributed by atoms with van der Waals surface area (Å²) in [5, 5.41) is 0. The first kappa shape index (κ1) is 20.1. The Morgan fingerprint density at radius 2 is 1.96 bits per heavy atom. The number of hydrogen-bond acceptors (Lipinski definition) is 4. The number of fused-ring (bicyclic) bond motifs is 1. The molecule has 144 valence electrons. The lowest BCUT2D eigenvalue weighted by Gasteiger charge is -2.06. The normalized spacial score (nSPS) is 12.3. The van der Waals surface area contributed by atoms with Gasteiger partial charge in [0.1, 0.15) is 0 Å². The van der Waals surface area contributed by atoms with E-state index in [0.29, 0.717) is 4.80 Å². The Hall–Kier alpha value is -2.69. The first-order chi connectivity index (χ1) is 13.3. The highest BCUT2D eigenvalue weighted by atomic mass is 32.2. The molecule has 0 spiro atoms. The van der Waals surface area contributed by atoms with Crippen LogP contribution in [0.4, 0.5) is 0 Å². The Bertz CT molecular complexity index is 1290. The minimum absolute atomic E-state index is 0.00267. The molecule has 0 atom stereocenters. The van der Waals surface area contributed by atoms with E-state index < -0.39 is 15.7 Å². The van der Waals surface area contributed by atoms with Gasteiger partial charge in [-0.05, 0) is 43.2 Å². The summed E-state index contributed by atoms with van der Waals surface area (Å²) in [6, 6.07) is 10.2. The Morgan fingerprint density at radius 1 is 1.25 bits per heavy atom. The molecule has 1 amide bonds. The molecule has 0 radical (unpaired) electrons. The van der Waals surface area contributed by atoms with Crippen LogP contribution in [-0.4, -0.2) is 24.6 Å². The summed E-state index contributed by atoms with van der Waals surface area (Å²) >= 11 is 1.37. The molecular formula is C21H20N2O3S2. The lowest BCUT2D eigenvalue weighted by molar-refractivity contribution is 0.0994. The van der Waals surface area contributed by atoms with Crippen LogP contribution in [-0.2, 0) is 16.4 Å². The van der Waals surface area contributed by atoms with Gasteiger partial charge in [0.25, 0.3) is 5.91 Å². The number of carbonyl (C=O) groups excluding carboxylic acids is 1. The van der Waals surface area contributed by atoms with Gasteiger partial charge < -0.3 is 4.57 Å². The molecule has 0 aliphatic carbocycles. The van der Waals surface area contributed by atoms with Crippen LogP contribution in [0.1, 0.15) is 28.4 Å². The summed E-state index contributed by atoms with van der Waals surface area (Å²) in [5.41, 5.74) is 3.16. The van der Waals surface area contributed by atoms with E-state index in [1.165, 1.54) is 23.5 Å². The third-order valence-electron chi connectivity index (χ3n) is 4.39. The van der Waals surface area contributed by atoms with Gasteiger partial charge in [-0.2, -0.15) is 4.99 Å². The van der Waals surface area contributed by atoms with Crippen molar-refractivity contribution in [3.63, 3.8) is 0 Å². The number of carbonyl (C=O) groups is 1. The van der Waals surface area contributed by atoms with Crippen LogP contribution < -0.4 is 4.80 Å². The highest BCUT2D eigenvalue weighted by Crippen LogP contribution is 2.24. The zero-order valence-electron chi connectivity index (χ0n) is 15.9. The fourth-order valence-electron chi connectivity index (χ4n) is 3.06.